The number of piperidine rings is 1. The Morgan fingerprint density at radius 1 is 1.29 bits per heavy atom. The molecule has 1 saturated heterocycles. The Kier molecular flexibility index (Phi) is 6.63. The Bertz CT molecular complexity index is 837. The summed E-state index contributed by atoms with van der Waals surface area (Å²) in [6, 6.07) is 11.6. The molecule has 3 rings (SSSR count). The summed E-state index contributed by atoms with van der Waals surface area (Å²) in [4.78, 5) is 31.1. The molecule has 0 spiro atoms. The summed E-state index contributed by atoms with van der Waals surface area (Å²) < 4.78 is 5.38. The number of amides is 2. The second kappa shape index (κ2) is 9.35. The van der Waals surface area contributed by atoms with Crippen LogP contribution in [0.1, 0.15) is 29.7 Å². The van der Waals surface area contributed by atoms with E-state index >= 15 is 0 Å². The Balaban J connectivity index is 1.55. The van der Waals surface area contributed by atoms with E-state index in [1.165, 1.54) is 0 Å². The van der Waals surface area contributed by atoms with Gasteiger partial charge in [0.15, 0.2) is 0 Å². The van der Waals surface area contributed by atoms with Crippen LogP contribution in [0.5, 0.6) is 5.75 Å². The quantitative estimate of drug-likeness (QED) is 0.800. The van der Waals surface area contributed by atoms with Crippen molar-refractivity contribution in [2.75, 3.05) is 20.2 Å². The number of carbonyl (C=O) groups is 2. The van der Waals surface area contributed by atoms with Gasteiger partial charge in [0.1, 0.15) is 5.75 Å². The van der Waals surface area contributed by atoms with Crippen LogP contribution in [0.25, 0.3) is 0 Å². The first-order chi connectivity index (χ1) is 13.6. The van der Waals surface area contributed by atoms with Crippen LogP contribution in [0.2, 0.25) is 0 Å². The Hall–Kier alpha value is -2.89. The summed E-state index contributed by atoms with van der Waals surface area (Å²) in [5.41, 5.74) is 3.08. The van der Waals surface area contributed by atoms with Crippen molar-refractivity contribution in [3.8, 4) is 5.75 Å². The van der Waals surface area contributed by atoms with Crippen molar-refractivity contribution >= 4 is 11.8 Å². The molecule has 28 heavy (non-hydrogen) atoms. The second-order valence-electron chi connectivity index (χ2n) is 7.13. The van der Waals surface area contributed by atoms with E-state index in [1.807, 2.05) is 43.3 Å². The highest BCUT2D eigenvalue weighted by molar-refractivity contribution is 5.83. The minimum atomic E-state index is -0.183. The van der Waals surface area contributed by atoms with E-state index in [4.69, 9.17) is 4.74 Å². The summed E-state index contributed by atoms with van der Waals surface area (Å²) >= 11 is 0. The highest BCUT2D eigenvalue weighted by atomic mass is 16.5. The van der Waals surface area contributed by atoms with Crippen molar-refractivity contribution in [2.24, 2.45) is 5.92 Å². The number of hydrogen-bond donors (Lipinski definition) is 1. The van der Waals surface area contributed by atoms with Gasteiger partial charge in [0.25, 0.3) is 0 Å². The van der Waals surface area contributed by atoms with Crippen LogP contribution in [0.3, 0.4) is 0 Å². The van der Waals surface area contributed by atoms with Crippen LogP contribution in [-0.2, 0) is 22.6 Å². The van der Waals surface area contributed by atoms with Crippen LogP contribution >= 0.6 is 0 Å². The van der Waals surface area contributed by atoms with Gasteiger partial charge in [-0.2, -0.15) is 0 Å². The van der Waals surface area contributed by atoms with Crippen molar-refractivity contribution in [1.82, 2.24) is 15.2 Å². The maximum absolute atomic E-state index is 12.6. The molecule has 148 valence electrons. The number of benzene rings is 1. The van der Waals surface area contributed by atoms with Gasteiger partial charge in [-0.15, -0.1) is 0 Å². The van der Waals surface area contributed by atoms with Crippen molar-refractivity contribution in [1.29, 1.82) is 0 Å². The van der Waals surface area contributed by atoms with Crippen molar-refractivity contribution in [3.05, 3.63) is 59.4 Å². The van der Waals surface area contributed by atoms with E-state index in [2.05, 4.69) is 10.3 Å². The number of nitrogens with zero attached hydrogens (tertiary/aromatic N) is 2. The SMILES string of the molecule is COc1ccccc1CN1C[C@@H](C(=O)NCCc2ncccc2C)CCC1=O. The lowest BCUT2D eigenvalue weighted by atomic mass is 9.96. The third-order valence-corrected chi connectivity index (χ3v) is 5.20. The van der Waals surface area contributed by atoms with Crippen LogP contribution in [0.15, 0.2) is 42.6 Å². The number of aromatic nitrogens is 1. The summed E-state index contributed by atoms with van der Waals surface area (Å²) in [6.45, 7) is 3.46. The van der Waals surface area contributed by atoms with E-state index in [0.717, 1.165) is 22.6 Å². The predicted octanol–water partition coefficient (Wildman–Crippen LogP) is 2.50. The third-order valence-electron chi connectivity index (χ3n) is 5.20. The Morgan fingerprint density at radius 2 is 2.11 bits per heavy atom. The van der Waals surface area contributed by atoms with E-state index in [0.29, 0.717) is 38.9 Å². The highest BCUT2D eigenvalue weighted by Crippen LogP contribution is 2.24. The fourth-order valence-corrected chi connectivity index (χ4v) is 3.55. The van der Waals surface area contributed by atoms with Gasteiger partial charge in [-0.1, -0.05) is 24.3 Å². The molecule has 1 aliphatic heterocycles. The molecule has 1 N–H and O–H groups in total. The lowest BCUT2D eigenvalue weighted by Crippen LogP contribution is -2.45. The molecule has 1 fully saturated rings. The maximum atomic E-state index is 12.6. The molecule has 6 nitrogen and oxygen atoms in total. The number of hydrogen-bond acceptors (Lipinski definition) is 4. The predicted molar refractivity (Wildman–Crippen MR) is 107 cm³/mol. The summed E-state index contributed by atoms with van der Waals surface area (Å²) in [5.74, 6) is 0.662. The van der Waals surface area contributed by atoms with Gasteiger partial charge < -0.3 is 15.0 Å². The van der Waals surface area contributed by atoms with Gasteiger partial charge in [-0.05, 0) is 31.0 Å². The first-order valence-electron chi connectivity index (χ1n) is 9.66. The number of likely N-dealkylation sites (tertiary alicyclic amines) is 1. The van der Waals surface area contributed by atoms with Gasteiger partial charge in [-0.25, -0.2) is 0 Å². The zero-order valence-electron chi connectivity index (χ0n) is 16.5. The standard InChI is InChI=1S/C22H27N3O3/c1-16-6-5-12-23-19(16)11-13-24-22(27)18-9-10-21(26)25(15-18)14-17-7-3-4-8-20(17)28-2/h3-8,12,18H,9-11,13-15H2,1-2H3,(H,24,27)/t18-/m0/s1. The molecule has 1 aromatic carbocycles. The number of carbonyl (C=O) groups excluding carboxylic acids is 2. The van der Waals surface area contributed by atoms with Crippen LogP contribution < -0.4 is 10.1 Å². The number of rotatable bonds is 7. The molecule has 6 heteroatoms. The number of aryl methyl sites for hydroxylation is 1. The number of ether oxygens (including phenoxy) is 1. The fourth-order valence-electron chi connectivity index (χ4n) is 3.55. The first-order valence-corrected chi connectivity index (χ1v) is 9.66. The molecule has 0 saturated carbocycles. The highest BCUT2D eigenvalue weighted by Gasteiger charge is 2.30. The van der Waals surface area contributed by atoms with Crippen molar-refractivity contribution in [2.45, 2.75) is 32.7 Å². The average Bonchev–Trinajstić information content (AvgIpc) is 2.71. The van der Waals surface area contributed by atoms with Crippen LogP contribution in [0, 0.1) is 12.8 Å². The van der Waals surface area contributed by atoms with Crippen molar-refractivity contribution in [3.63, 3.8) is 0 Å². The third kappa shape index (κ3) is 4.88. The zero-order chi connectivity index (χ0) is 19.9. The molecular weight excluding hydrogens is 354 g/mol. The topological polar surface area (TPSA) is 71.5 Å². The van der Waals surface area contributed by atoms with E-state index in [-0.39, 0.29) is 17.7 Å². The first kappa shape index (κ1) is 19.9. The lowest BCUT2D eigenvalue weighted by Gasteiger charge is -2.32. The number of nitrogens with one attached hydrogen (secondary N) is 1. The maximum Gasteiger partial charge on any atom is 0.224 e. The summed E-state index contributed by atoms with van der Waals surface area (Å²) in [6.07, 6.45) is 3.46. The van der Waals surface area contributed by atoms with E-state index in [9.17, 15) is 9.59 Å². The van der Waals surface area contributed by atoms with Gasteiger partial charge in [0, 0.05) is 49.9 Å². The van der Waals surface area contributed by atoms with Crippen LogP contribution in [0.4, 0.5) is 0 Å². The van der Waals surface area contributed by atoms with E-state index in [1.54, 1.807) is 18.2 Å². The van der Waals surface area contributed by atoms with Gasteiger partial charge in [0.05, 0.1) is 13.0 Å². The normalized spacial score (nSPS) is 16.7. The number of para-hydroxylation sites is 1. The number of methoxy groups -OCH3 is 1. The Morgan fingerprint density at radius 3 is 2.89 bits per heavy atom. The molecule has 2 heterocycles. The molecule has 2 aromatic rings. The molecule has 0 unspecified atom stereocenters. The van der Waals surface area contributed by atoms with Crippen molar-refractivity contribution < 1.29 is 14.3 Å². The van der Waals surface area contributed by atoms with Gasteiger partial charge >= 0.3 is 0 Å². The Labute approximate surface area is 165 Å². The second-order valence-corrected chi connectivity index (χ2v) is 7.13. The smallest absolute Gasteiger partial charge is 0.224 e. The molecule has 2 amide bonds. The minimum Gasteiger partial charge on any atom is -0.496 e. The fraction of sp³-hybridized carbons (Fsp3) is 0.409. The molecule has 0 radical (unpaired) electrons. The average molecular weight is 381 g/mol. The molecule has 1 atom stereocenters. The molecular formula is C22H27N3O3. The monoisotopic (exact) mass is 381 g/mol. The van der Waals surface area contributed by atoms with E-state index < -0.39 is 0 Å². The summed E-state index contributed by atoms with van der Waals surface area (Å²) in [7, 11) is 1.62. The summed E-state index contributed by atoms with van der Waals surface area (Å²) in [5, 5.41) is 3.01. The molecule has 1 aliphatic rings. The molecule has 1 aromatic heterocycles. The molecule has 0 bridgehead atoms. The number of pyridine rings is 1. The lowest BCUT2D eigenvalue weighted by molar-refractivity contribution is -0.138. The van der Waals surface area contributed by atoms with Gasteiger partial charge in [0.2, 0.25) is 11.8 Å². The minimum absolute atomic E-state index is 0.00566. The molecule has 0 aliphatic carbocycles. The van der Waals surface area contributed by atoms with Gasteiger partial charge in [-0.3, -0.25) is 14.6 Å². The van der Waals surface area contributed by atoms with Crippen LogP contribution in [-0.4, -0.2) is 41.9 Å². The largest absolute Gasteiger partial charge is 0.496 e. The zero-order valence-corrected chi connectivity index (χ0v) is 16.5.